The number of nitro groups is 1. The molecule has 0 radical (unpaired) electrons. The molecular weight excluding hydrogens is 468 g/mol. The molecule has 2 atom stereocenters. The third-order valence-corrected chi connectivity index (χ3v) is 7.25. The highest BCUT2D eigenvalue weighted by Gasteiger charge is 2.29. The average Bonchev–Trinajstić information content (AvgIpc) is 3.28. The van der Waals surface area contributed by atoms with E-state index in [0.29, 0.717) is 22.3 Å². The molecule has 0 bridgehead atoms. The van der Waals surface area contributed by atoms with Gasteiger partial charge in [0.15, 0.2) is 16.7 Å². The summed E-state index contributed by atoms with van der Waals surface area (Å²) in [6.45, 7) is 3.96. The predicted molar refractivity (Wildman–Crippen MR) is 134 cm³/mol. The maximum absolute atomic E-state index is 12.8. The Hall–Kier alpha value is -3.47. The Morgan fingerprint density at radius 2 is 2.11 bits per heavy atom. The maximum Gasteiger partial charge on any atom is 0.311 e. The number of rotatable bonds is 8. The van der Waals surface area contributed by atoms with Gasteiger partial charge in [0.25, 0.3) is 0 Å². The van der Waals surface area contributed by atoms with Gasteiger partial charge in [-0.1, -0.05) is 31.5 Å². The van der Waals surface area contributed by atoms with Crippen LogP contribution >= 0.6 is 11.8 Å². The molecule has 3 aromatic rings. The van der Waals surface area contributed by atoms with Gasteiger partial charge in [-0.25, -0.2) is 0 Å². The molecule has 1 aromatic carbocycles. The lowest BCUT2D eigenvalue weighted by atomic mass is 9.85. The second kappa shape index (κ2) is 10.9. The minimum atomic E-state index is -0.508. The summed E-state index contributed by atoms with van der Waals surface area (Å²) in [6.07, 6.45) is 8.04. The van der Waals surface area contributed by atoms with E-state index in [1.54, 1.807) is 19.3 Å². The van der Waals surface area contributed by atoms with Gasteiger partial charge in [0.05, 0.1) is 17.8 Å². The lowest BCUT2D eigenvalue weighted by Gasteiger charge is -2.31. The van der Waals surface area contributed by atoms with E-state index >= 15 is 0 Å². The number of nitro benzene ring substituents is 1. The van der Waals surface area contributed by atoms with Gasteiger partial charge in [0.2, 0.25) is 5.91 Å². The molecule has 1 N–H and O–H groups in total. The summed E-state index contributed by atoms with van der Waals surface area (Å²) in [4.78, 5) is 27.8. The third kappa shape index (κ3) is 5.45. The van der Waals surface area contributed by atoms with Crippen molar-refractivity contribution in [3.63, 3.8) is 0 Å². The van der Waals surface area contributed by atoms with Gasteiger partial charge in [-0.2, -0.15) is 0 Å². The number of anilines is 1. The number of pyridine rings is 1. The van der Waals surface area contributed by atoms with Crippen LogP contribution in [-0.4, -0.2) is 43.4 Å². The maximum atomic E-state index is 12.8. The van der Waals surface area contributed by atoms with Gasteiger partial charge in [-0.15, -0.1) is 10.2 Å². The molecule has 1 aliphatic rings. The number of nitrogens with zero attached hydrogens (tertiary/aromatic N) is 5. The smallest absolute Gasteiger partial charge is 0.311 e. The van der Waals surface area contributed by atoms with Gasteiger partial charge in [0, 0.05) is 41.8 Å². The van der Waals surface area contributed by atoms with Crippen molar-refractivity contribution in [3.8, 4) is 17.1 Å². The van der Waals surface area contributed by atoms with Crippen molar-refractivity contribution in [1.29, 1.82) is 0 Å². The first-order valence-electron chi connectivity index (χ1n) is 11.5. The SMILES string of the molecule is COc1cc(NC(=O)CSc2nnc(-c3cccnc3)n2[C@@H]2CCCC[C@@H]2C)c(C)cc1[N+](=O)[O-]. The van der Waals surface area contributed by atoms with Crippen molar-refractivity contribution in [2.75, 3.05) is 18.2 Å². The minimum Gasteiger partial charge on any atom is -0.490 e. The second-order valence-electron chi connectivity index (χ2n) is 8.68. The molecule has 4 rings (SSSR count). The van der Waals surface area contributed by atoms with Crippen molar-refractivity contribution < 1.29 is 14.5 Å². The molecule has 2 heterocycles. The molecular formula is C24H28N6O4S. The van der Waals surface area contributed by atoms with Crippen LogP contribution in [0.4, 0.5) is 11.4 Å². The summed E-state index contributed by atoms with van der Waals surface area (Å²) in [6, 6.07) is 6.96. The number of ether oxygens (including phenoxy) is 1. The molecule has 0 saturated heterocycles. The van der Waals surface area contributed by atoms with Crippen molar-refractivity contribution in [1.82, 2.24) is 19.7 Å². The summed E-state index contributed by atoms with van der Waals surface area (Å²) in [5.41, 5.74) is 1.79. The second-order valence-corrected chi connectivity index (χ2v) is 9.62. The fourth-order valence-electron chi connectivity index (χ4n) is 4.48. The zero-order valence-electron chi connectivity index (χ0n) is 19.9. The molecule has 1 fully saturated rings. The Balaban J connectivity index is 1.54. The number of carbonyl (C=O) groups excluding carboxylic acids is 1. The first kappa shape index (κ1) is 24.6. The van der Waals surface area contributed by atoms with Crippen LogP contribution in [0.3, 0.4) is 0 Å². The summed E-state index contributed by atoms with van der Waals surface area (Å²) in [7, 11) is 1.36. The summed E-state index contributed by atoms with van der Waals surface area (Å²) >= 11 is 1.33. The van der Waals surface area contributed by atoms with E-state index in [0.717, 1.165) is 30.7 Å². The number of thioether (sulfide) groups is 1. The van der Waals surface area contributed by atoms with E-state index in [9.17, 15) is 14.9 Å². The topological polar surface area (TPSA) is 125 Å². The molecule has 10 nitrogen and oxygen atoms in total. The number of nitrogens with one attached hydrogen (secondary N) is 1. The average molecular weight is 497 g/mol. The summed E-state index contributed by atoms with van der Waals surface area (Å²) in [5.74, 6) is 1.19. The van der Waals surface area contributed by atoms with Gasteiger partial charge < -0.3 is 10.1 Å². The zero-order chi connectivity index (χ0) is 24.9. The fourth-order valence-corrected chi connectivity index (χ4v) is 5.27. The summed E-state index contributed by atoms with van der Waals surface area (Å²) in [5, 5.41) is 23.7. The van der Waals surface area contributed by atoms with E-state index in [1.165, 1.54) is 37.4 Å². The number of aromatic nitrogens is 4. The van der Waals surface area contributed by atoms with Crippen molar-refractivity contribution in [2.45, 2.75) is 50.7 Å². The van der Waals surface area contributed by atoms with Crippen LogP contribution in [0.1, 0.15) is 44.2 Å². The largest absolute Gasteiger partial charge is 0.490 e. The Kier molecular flexibility index (Phi) is 7.64. The van der Waals surface area contributed by atoms with Crippen LogP contribution < -0.4 is 10.1 Å². The Bertz CT molecular complexity index is 1220. The van der Waals surface area contributed by atoms with Crippen LogP contribution in [0.25, 0.3) is 11.4 Å². The van der Waals surface area contributed by atoms with Crippen LogP contribution in [-0.2, 0) is 4.79 Å². The van der Waals surface area contributed by atoms with Crippen molar-refractivity contribution >= 4 is 29.0 Å². The normalized spacial score (nSPS) is 17.7. The number of hydrogen-bond donors (Lipinski definition) is 1. The fraction of sp³-hybridized carbons (Fsp3) is 0.417. The van der Waals surface area contributed by atoms with Gasteiger partial charge in [0.1, 0.15) is 0 Å². The predicted octanol–water partition coefficient (Wildman–Crippen LogP) is 5.05. The van der Waals surface area contributed by atoms with Crippen LogP contribution in [0.15, 0.2) is 41.8 Å². The van der Waals surface area contributed by atoms with Crippen molar-refractivity contribution in [2.24, 2.45) is 5.92 Å². The molecule has 1 amide bonds. The number of aryl methyl sites for hydroxylation is 1. The first-order chi connectivity index (χ1) is 16.9. The molecule has 0 aliphatic heterocycles. The van der Waals surface area contributed by atoms with E-state index in [2.05, 4.69) is 32.0 Å². The molecule has 1 saturated carbocycles. The third-order valence-electron chi connectivity index (χ3n) is 6.31. The molecule has 1 aliphatic carbocycles. The van der Waals surface area contributed by atoms with Crippen molar-refractivity contribution in [3.05, 3.63) is 52.3 Å². The number of amides is 1. The van der Waals surface area contributed by atoms with Crippen LogP contribution in [0.5, 0.6) is 5.75 Å². The first-order valence-corrected chi connectivity index (χ1v) is 12.5. The van der Waals surface area contributed by atoms with Gasteiger partial charge in [-0.3, -0.25) is 24.5 Å². The van der Waals surface area contributed by atoms with Crippen LogP contribution in [0.2, 0.25) is 0 Å². The van der Waals surface area contributed by atoms with E-state index < -0.39 is 4.92 Å². The van der Waals surface area contributed by atoms with Gasteiger partial charge >= 0.3 is 5.69 Å². The monoisotopic (exact) mass is 496 g/mol. The molecule has 184 valence electrons. The highest BCUT2D eigenvalue weighted by Crippen LogP contribution is 2.39. The van der Waals surface area contributed by atoms with E-state index in [1.807, 2.05) is 12.1 Å². The highest BCUT2D eigenvalue weighted by atomic mass is 32.2. The lowest BCUT2D eigenvalue weighted by Crippen LogP contribution is -2.23. The Morgan fingerprint density at radius 3 is 2.80 bits per heavy atom. The molecule has 0 unspecified atom stereocenters. The molecule has 35 heavy (non-hydrogen) atoms. The number of methoxy groups -OCH3 is 1. The minimum absolute atomic E-state index is 0.0932. The zero-order valence-corrected chi connectivity index (χ0v) is 20.7. The standard InChI is InChI=1S/C24H28N6O4S/c1-15-7-4-5-9-19(15)29-23(17-8-6-10-25-13-17)27-28-24(29)35-14-22(31)26-18-12-21(34-3)20(30(32)33)11-16(18)2/h6,8,10-13,15,19H,4-5,7,9,14H2,1-3H3,(H,26,31)/t15-,19+/m0/s1. The number of benzene rings is 1. The van der Waals surface area contributed by atoms with Crippen LogP contribution in [0, 0.1) is 23.0 Å². The Morgan fingerprint density at radius 1 is 1.31 bits per heavy atom. The van der Waals surface area contributed by atoms with E-state index in [4.69, 9.17) is 4.74 Å². The highest BCUT2D eigenvalue weighted by molar-refractivity contribution is 7.99. The number of hydrogen-bond acceptors (Lipinski definition) is 8. The van der Waals surface area contributed by atoms with E-state index in [-0.39, 0.29) is 29.1 Å². The molecule has 11 heteroatoms. The Labute approximate surface area is 207 Å². The molecule has 0 spiro atoms. The molecule has 2 aromatic heterocycles. The number of carbonyl (C=O) groups is 1. The quantitative estimate of drug-likeness (QED) is 0.261. The van der Waals surface area contributed by atoms with Gasteiger partial charge in [-0.05, 0) is 43.4 Å². The lowest BCUT2D eigenvalue weighted by molar-refractivity contribution is -0.385. The summed E-state index contributed by atoms with van der Waals surface area (Å²) < 4.78 is 7.29.